The molecule has 0 atom stereocenters. The van der Waals surface area contributed by atoms with E-state index in [4.69, 9.17) is 4.52 Å². The molecule has 1 heterocycles. The Morgan fingerprint density at radius 1 is 1.04 bits per heavy atom. The fraction of sp³-hybridized carbons (Fsp3) is 0.222. The predicted octanol–water partition coefficient (Wildman–Crippen LogP) is 2.82. The quantitative estimate of drug-likeness (QED) is 0.703. The second kappa shape index (κ2) is 7.58. The van der Waals surface area contributed by atoms with E-state index in [9.17, 15) is 8.42 Å². The zero-order valence-electron chi connectivity index (χ0n) is 13.8. The zero-order chi connectivity index (χ0) is 17.7. The van der Waals surface area contributed by atoms with Crippen molar-refractivity contribution in [2.45, 2.75) is 24.7 Å². The van der Waals surface area contributed by atoms with Crippen molar-refractivity contribution < 1.29 is 12.9 Å². The van der Waals surface area contributed by atoms with Crippen molar-refractivity contribution in [1.82, 2.24) is 14.9 Å². The molecular weight excluding hydrogens is 338 g/mol. The van der Waals surface area contributed by atoms with Gasteiger partial charge in [-0.2, -0.15) is 4.98 Å². The van der Waals surface area contributed by atoms with E-state index in [2.05, 4.69) is 14.9 Å². The van der Waals surface area contributed by atoms with Crippen molar-refractivity contribution in [2.75, 3.05) is 6.54 Å². The SMILES string of the molecule is CCc1ccc(S(=O)(=O)NCCc2nc(-c3ccccc3)no2)cc1. The predicted molar refractivity (Wildman–Crippen MR) is 94.4 cm³/mol. The second-order valence-corrected chi connectivity index (χ2v) is 7.29. The van der Waals surface area contributed by atoms with Crippen LogP contribution in [0, 0.1) is 0 Å². The van der Waals surface area contributed by atoms with Gasteiger partial charge >= 0.3 is 0 Å². The van der Waals surface area contributed by atoms with Crippen LogP contribution in [-0.4, -0.2) is 25.1 Å². The zero-order valence-corrected chi connectivity index (χ0v) is 14.7. The normalized spacial score (nSPS) is 11.6. The van der Waals surface area contributed by atoms with Gasteiger partial charge in [0.25, 0.3) is 0 Å². The minimum atomic E-state index is -3.54. The van der Waals surface area contributed by atoms with Gasteiger partial charge in [-0.3, -0.25) is 0 Å². The van der Waals surface area contributed by atoms with Crippen molar-refractivity contribution in [3.63, 3.8) is 0 Å². The van der Waals surface area contributed by atoms with Gasteiger partial charge in [-0.1, -0.05) is 54.5 Å². The molecule has 1 aromatic heterocycles. The first-order chi connectivity index (χ1) is 12.1. The fourth-order valence-electron chi connectivity index (χ4n) is 2.34. The molecule has 0 amide bonds. The highest BCUT2D eigenvalue weighted by atomic mass is 32.2. The number of rotatable bonds is 7. The van der Waals surface area contributed by atoms with Crippen LogP contribution in [-0.2, 0) is 22.9 Å². The highest BCUT2D eigenvalue weighted by Gasteiger charge is 2.14. The van der Waals surface area contributed by atoms with E-state index in [1.54, 1.807) is 12.1 Å². The first-order valence-corrected chi connectivity index (χ1v) is 9.53. The third-order valence-corrected chi connectivity index (χ3v) is 5.25. The molecule has 1 N–H and O–H groups in total. The average Bonchev–Trinajstić information content (AvgIpc) is 3.11. The number of hydrogen-bond donors (Lipinski definition) is 1. The molecule has 0 aliphatic rings. The molecule has 0 aliphatic carbocycles. The van der Waals surface area contributed by atoms with E-state index in [1.165, 1.54) is 0 Å². The van der Waals surface area contributed by atoms with Gasteiger partial charge in [0.15, 0.2) is 0 Å². The number of benzene rings is 2. The first kappa shape index (κ1) is 17.3. The van der Waals surface area contributed by atoms with Crippen molar-refractivity contribution >= 4 is 10.0 Å². The molecule has 0 radical (unpaired) electrons. The largest absolute Gasteiger partial charge is 0.339 e. The topological polar surface area (TPSA) is 85.1 Å². The Bertz CT molecular complexity index is 920. The summed E-state index contributed by atoms with van der Waals surface area (Å²) in [5.74, 6) is 0.886. The smallest absolute Gasteiger partial charge is 0.240 e. The van der Waals surface area contributed by atoms with Gasteiger partial charge in [-0.25, -0.2) is 13.1 Å². The highest BCUT2D eigenvalue weighted by Crippen LogP contribution is 2.15. The summed E-state index contributed by atoms with van der Waals surface area (Å²) in [6, 6.07) is 16.3. The molecule has 130 valence electrons. The number of aryl methyl sites for hydroxylation is 1. The lowest BCUT2D eigenvalue weighted by Crippen LogP contribution is -2.26. The maximum atomic E-state index is 12.3. The lowest BCUT2D eigenvalue weighted by Gasteiger charge is -2.06. The number of nitrogens with one attached hydrogen (secondary N) is 1. The summed E-state index contributed by atoms with van der Waals surface area (Å²) in [5, 5.41) is 3.92. The van der Waals surface area contributed by atoms with Crippen LogP contribution in [0.5, 0.6) is 0 Å². The number of sulfonamides is 1. The van der Waals surface area contributed by atoms with Crippen LogP contribution < -0.4 is 4.72 Å². The van der Waals surface area contributed by atoms with E-state index in [-0.39, 0.29) is 11.4 Å². The second-order valence-electron chi connectivity index (χ2n) is 5.52. The molecule has 25 heavy (non-hydrogen) atoms. The summed E-state index contributed by atoms with van der Waals surface area (Å²) in [5.41, 5.74) is 1.95. The first-order valence-electron chi connectivity index (χ1n) is 8.05. The van der Waals surface area contributed by atoms with E-state index in [1.807, 2.05) is 49.4 Å². The van der Waals surface area contributed by atoms with Gasteiger partial charge in [0, 0.05) is 18.5 Å². The molecule has 0 unspecified atom stereocenters. The summed E-state index contributed by atoms with van der Waals surface area (Å²) in [6.07, 6.45) is 1.20. The molecule has 3 rings (SSSR count). The third kappa shape index (κ3) is 4.32. The highest BCUT2D eigenvalue weighted by molar-refractivity contribution is 7.89. The number of aromatic nitrogens is 2. The Morgan fingerprint density at radius 2 is 1.76 bits per heavy atom. The lowest BCUT2D eigenvalue weighted by molar-refractivity contribution is 0.379. The van der Waals surface area contributed by atoms with Crippen molar-refractivity contribution in [1.29, 1.82) is 0 Å². The van der Waals surface area contributed by atoms with Gasteiger partial charge < -0.3 is 4.52 Å². The van der Waals surface area contributed by atoms with Crippen molar-refractivity contribution in [3.05, 3.63) is 66.1 Å². The maximum absolute atomic E-state index is 12.3. The number of nitrogens with zero attached hydrogens (tertiary/aromatic N) is 2. The van der Waals surface area contributed by atoms with Crippen molar-refractivity contribution in [3.8, 4) is 11.4 Å². The molecule has 7 heteroatoms. The van der Waals surface area contributed by atoms with Crippen LogP contribution in [0.3, 0.4) is 0 Å². The van der Waals surface area contributed by atoms with Crippen LogP contribution >= 0.6 is 0 Å². The van der Waals surface area contributed by atoms with Gasteiger partial charge in [0.2, 0.25) is 21.7 Å². The fourth-order valence-corrected chi connectivity index (χ4v) is 3.37. The van der Waals surface area contributed by atoms with Gasteiger partial charge in [-0.05, 0) is 24.1 Å². The van der Waals surface area contributed by atoms with E-state index >= 15 is 0 Å². The minimum Gasteiger partial charge on any atom is -0.339 e. The number of hydrogen-bond acceptors (Lipinski definition) is 5. The van der Waals surface area contributed by atoms with Crippen LogP contribution in [0.15, 0.2) is 64.0 Å². The molecule has 0 saturated heterocycles. The standard InChI is InChI=1S/C18H19N3O3S/c1-2-14-8-10-16(11-9-14)25(22,23)19-13-12-17-20-18(21-24-17)15-6-4-3-5-7-15/h3-11,19H,2,12-13H2,1H3. The molecule has 2 aromatic carbocycles. The summed E-state index contributed by atoms with van der Waals surface area (Å²) in [7, 11) is -3.54. The summed E-state index contributed by atoms with van der Waals surface area (Å²) in [4.78, 5) is 4.53. The van der Waals surface area contributed by atoms with Crippen LogP contribution in [0.2, 0.25) is 0 Å². The van der Waals surface area contributed by atoms with Gasteiger partial charge in [-0.15, -0.1) is 0 Å². The summed E-state index contributed by atoms with van der Waals surface area (Å²) < 4.78 is 32.3. The van der Waals surface area contributed by atoms with Crippen LogP contribution in [0.4, 0.5) is 0 Å². The molecule has 0 spiro atoms. The molecular formula is C18H19N3O3S. The average molecular weight is 357 g/mol. The Kier molecular flexibility index (Phi) is 5.25. The van der Waals surface area contributed by atoms with Crippen molar-refractivity contribution in [2.24, 2.45) is 0 Å². The Morgan fingerprint density at radius 3 is 2.44 bits per heavy atom. The molecule has 0 fully saturated rings. The summed E-state index contributed by atoms with van der Waals surface area (Å²) in [6.45, 7) is 2.21. The summed E-state index contributed by atoms with van der Waals surface area (Å²) >= 11 is 0. The molecule has 6 nitrogen and oxygen atoms in total. The van der Waals surface area contributed by atoms with E-state index < -0.39 is 10.0 Å². The molecule has 0 aliphatic heterocycles. The Balaban J connectivity index is 1.59. The molecule has 3 aromatic rings. The van der Waals surface area contributed by atoms with Gasteiger partial charge in [0.05, 0.1) is 4.90 Å². The lowest BCUT2D eigenvalue weighted by atomic mass is 10.2. The molecule has 0 bridgehead atoms. The Hall–Kier alpha value is -2.51. The van der Waals surface area contributed by atoms with Crippen LogP contribution in [0.1, 0.15) is 18.4 Å². The van der Waals surface area contributed by atoms with Gasteiger partial charge in [0.1, 0.15) is 0 Å². The van der Waals surface area contributed by atoms with E-state index in [0.29, 0.717) is 18.1 Å². The Labute approximate surface area is 147 Å². The maximum Gasteiger partial charge on any atom is 0.240 e. The minimum absolute atomic E-state index is 0.189. The monoisotopic (exact) mass is 357 g/mol. The third-order valence-electron chi connectivity index (χ3n) is 3.77. The van der Waals surface area contributed by atoms with E-state index in [0.717, 1.165) is 17.5 Å². The molecule has 0 saturated carbocycles. The van der Waals surface area contributed by atoms with Crippen LogP contribution in [0.25, 0.3) is 11.4 Å².